The fraction of sp³-hybridized carbons (Fsp3) is 0.730. The van der Waals surface area contributed by atoms with Crippen LogP contribution in [-0.2, 0) is 28.2 Å². The molecule has 9 heteroatoms. The zero-order valence-corrected chi connectivity index (χ0v) is 29.9. The van der Waals surface area contributed by atoms with E-state index in [1.807, 2.05) is 0 Å². The summed E-state index contributed by atoms with van der Waals surface area (Å²) in [4.78, 5) is 42.6. The fourth-order valence-electron chi connectivity index (χ4n) is 4.59. The molecule has 0 heterocycles. The van der Waals surface area contributed by atoms with Crippen LogP contribution in [0, 0.1) is 0 Å². The molecule has 0 amide bonds. The van der Waals surface area contributed by atoms with Gasteiger partial charge in [-0.1, -0.05) is 120 Å². The second-order valence-electron chi connectivity index (χ2n) is 11.8. The lowest BCUT2D eigenvalue weighted by molar-refractivity contribution is -0.161. The topological polar surface area (TPSA) is 119 Å². The second-order valence-corrected chi connectivity index (χ2v) is 13.1. The van der Waals surface area contributed by atoms with Crippen molar-refractivity contribution in [3.63, 3.8) is 0 Å². The molecule has 0 aliphatic carbocycles. The SMILES string of the molecule is CCCC/C=C/CCCCCCCC(=O)O[C@H](COC(=O)CCCCCC/C=C/C/C=C/C/C=C/CCCCC)COP(=O)(O)O. The maximum absolute atomic E-state index is 12.3. The van der Waals surface area contributed by atoms with Crippen molar-refractivity contribution < 1.29 is 37.9 Å². The molecular weight excluding hydrogens is 603 g/mol. The number of rotatable bonds is 32. The molecule has 0 aromatic rings. The van der Waals surface area contributed by atoms with Crippen molar-refractivity contribution in [2.45, 2.75) is 161 Å². The third-order valence-corrected chi connectivity index (χ3v) is 7.81. The van der Waals surface area contributed by atoms with Gasteiger partial charge in [0.2, 0.25) is 0 Å². The molecule has 0 aliphatic rings. The van der Waals surface area contributed by atoms with Crippen LogP contribution in [0.15, 0.2) is 48.6 Å². The molecule has 2 N–H and O–H groups in total. The molecule has 46 heavy (non-hydrogen) atoms. The highest BCUT2D eigenvalue weighted by atomic mass is 31.2. The van der Waals surface area contributed by atoms with Crippen LogP contribution in [0.5, 0.6) is 0 Å². The summed E-state index contributed by atoms with van der Waals surface area (Å²) in [6, 6.07) is 0. The Kier molecular flexibility index (Phi) is 31.5. The van der Waals surface area contributed by atoms with E-state index >= 15 is 0 Å². The molecule has 266 valence electrons. The van der Waals surface area contributed by atoms with Crippen LogP contribution in [0.4, 0.5) is 0 Å². The van der Waals surface area contributed by atoms with Crippen molar-refractivity contribution in [3.8, 4) is 0 Å². The van der Waals surface area contributed by atoms with Gasteiger partial charge in [0.15, 0.2) is 6.10 Å². The van der Waals surface area contributed by atoms with Crippen molar-refractivity contribution in [1.29, 1.82) is 0 Å². The van der Waals surface area contributed by atoms with Crippen molar-refractivity contribution in [2.75, 3.05) is 13.2 Å². The number of carbonyl (C=O) groups is 2. The van der Waals surface area contributed by atoms with Crippen LogP contribution >= 0.6 is 7.82 Å². The van der Waals surface area contributed by atoms with Crippen LogP contribution in [-0.4, -0.2) is 41.0 Å². The van der Waals surface area contributed by atoms with E-state index in [0.717, 1.165) is 77.0 Å². The maximum Gasteiger partial charge on any atom is 0.469 e. The lowest BCUT2D eigenvalue weighted by Gasteiger charge is -2.18. The number of phosphoric acid groups is 1. The van der Waals surface area contributed by atoms with Gasteiger partial charge in [0.25, 0.3) is 0 Å². The van der Waals surface area contributed by atoms with Gasteiger partial charge < -0.3 is 19.3 Å². The molecule has 0 rings (SSSR count). The van der Waals surface area contributed by atoms with Crippen LogP contribution < -0.4 is 0 Å². The van der Waals surface area contributed by atoms with Crippen LogP contribution in [0.3, 0.4) is 0 Å². The summed E-state index contributed by atoms with van der Waals surface area (Å²) in [6.45, 7) is 3.56. The Morgan fingerprint density at radius 3 is 1.54 bits per heavy atom. The number of carbonyl (C=O) groups excluding carboxylic acids is 2. The number of hydrogen-bond donors (Lipinski definition) is 2. The summed E-state index contributed by atoms with van der Waals surface area (Å²) in [5.74, 6) is -0.926. The van der Waals surface area contributed by atoms with E-state index in [1.165, 1.54) is 38.5 Å². The number of unbranched alkanes of at least 4 members (excludes halogenated alkanes) is 14. The molecule has 0 fully saturated rings. The predicted octanol–water partition coefficient (Wildman–Crippen LogP) is 10.4. The van der Waals surface area contributed by atoms with E-state index in [2.05, 4.69) is 67.0 Å². The van der Waals surface area contributed by atoms with Gasteiger partial charge in [-0.15, -0.1) is 0 Å². The van der Waals surface area contributed by atoms with Crippen LogP contribution in [0.25, 0.3) is 0 Å². The molecule has 0 aromatic carbocycles. The third-order valence-electron chi connectivity index (χ3n) is 7.32. The van der Waals surface area contributed by atoms with E-state index < -0.39 is 32.5 Å². The van der Waals surface area contributed by atoms with Gasteiger partial charge in [0, 0.05) is 12.8 Å². The zero-order chi connectivity index (χ0) is 34.0. The Morgan fingerprint density at radius 2 is 1.00 bits per heavy atom. The highest BCUT2D eigenvalue weighted by molar-refractivity contribution is 7.46. The van der Waals surface area contributed by atoms with Crippen molar-refractivity contribution in [2.24, 2.45) is 0 Å². The lowest BCUT2D eigenvalue weighted by atomic mass is 10.1. The highest BCUT2D eigenvalue weighted by Crippen LogP contribution is 2.35. The largest absolute Gasteiger partial charge is 0.469 e. The molecule has 0 aliphatic heterocycles. The fourth-order valence-corrected chi connectivity index (χ4v) is 4.95. The standard InChI is InChI=1S/C37H65O8P/c1-3-5-7-9-11-13-15-16-17-18-19-20-22-23-25-27-29-31-36(38)43-33-35(34-44-46(40,41)42)45-37(39)32-30-28-26-24-21-14-12-10-8-6-4-2/h10-13,16-17,19-20,35H,3-9,14-15,18,21-34H2,1-2H3,(H2,40,41,42)/b12-10+,13-11+,17-16+,20-19+/t35-/m1/s1. The Bertz CT molecular complexity index is 890. The second kappa shape index (κ2) is 32.9. The minimum atomic E-state index is -4.75. The first-order chi connectivity index (χ1) is 22.3. The van der Waals surface area contributed by atoms with Gasteiger partial charge in [-0.3, -0.25) is 14.1 Å². The molecule has 0 saturated heterocycles. The van der Waals surface area contributed by atoms with Gasteiger partial charge in [-0.25, -0.2) is 4.57 Å². The first-order valence-corrected chi connectivity index (χ1v) is 19.5. The van der Waals surface area contributed by atoms with E-state index in [9.17, 15) is 14.2 Å². The Morgan fingerprint density at radius 1 is 0.565 bits per heavy atom. The monoisotopic (exact) mass is 668 g/mol. The summed E-state index contributed by atoms with van der Waals surface area (Å²) < 4.78 is 26.2. The highest BCUT2D eigenvalue weighted by Gasteiger charge is 2.22. The summed E-state index contributed by atoms with van der Waals surface area (Å²) in [5.41, 5.74) is 0. The number of phosphoric ester groups is 1. The predicted molar refractivity (Wildman–Crippen MR) is 188 cm³/mol. The molecule has 0 saturated carbocycles. The average Bonchev–Trinajstić information content (AvgIpc) is 3.02. The summed E-state index contributed by atoms with van der Waals surface area (Å²) in [5, 5.41) is 0. The molecule has 8 nitrogen and oxygen atoms in total. The Balaban J connectivity index is 4.04. The normalized spacial score (nSPS) is 13.0. The number of allylic oxidation sites excluding steroid dienone is 8. The van der Waals surface area contributed by atoms with Crippen molar-refractivity contribution in [3.05, 3.63) is 48.6 Å². The molecule has 0 radical (unpaired) electrons. The van der Waals surface area contributed by atoms with E-state index in [0.29, 0.717) is 12.8 Å². The number of ether oxygens (including phenoxy) is 2. The van der Waals surface area contributed by atoms with Gasteiger partial charge in [0.05, 0.1) is 6.61 Å². The van der Waals surface area contributed by atoms with Gasteiger partial charge in [-0.2, -0.15) is 0 Å². The molecule has 0 aromatic heterocycles. The average molecular weight is 669 g/mol. The third kappa shape index (κ3) is 34.9. The van der Waals surface area contributed by atoms with Gasteiger partial charge in [-0.05, 0) is 70.6 Å². The molecule has 0 unspecified atom stereocenters. The number of hydrogen-bond acceptors (Lipinski definition) is 6. The number of esters is 2. The minimum Gasteiger partial charge on any atom is -0.462 e. The molecule has 0 bridgehead atoms. The van der Waals surface area contributed by atoms with Gasteiger partial charge in [0.1, 0.15) is 6.61 Å². The molecule has 0 spiro atoms. The van der Waals surface area contributed by atoms with Gasteiger partial charge >= 0.3 is 19.8 Å². The summed E-state index contributed by atoms with van der Waals surface area (Å²) >= 11 is 0. The molecular formula is C37H65O8P. The smallest absolute Gasteiger partial charge is 0.462 e. The quantitative estimate of drug-likeness (QED) is 0.0315. The van der Waals surface area contributed by atoms with E-state index in [-0.39, 0.29) is 19.4 Å². The zero-order valence-electron chi connectivity index (χ0n) is 29.0. The maximum atomic E-state index is 12.3. The van der Waals surface area contributed by atoms with Crippen LogP contribution in [0.1, 0.15) is 155 Å². The van der Waals surface area contributed by atoms with Crippen molar-refractivity contribution in [1.82, 2.24) is 0 Å². The first kappa shape index (κ1) is 44.0. The summed E-state index contributed by atoms with van der Waals surface area (Å²) in [7, 11) is -4.75. The Labute approximate surface area is 280 Å². The Hall–Kier alpha value is -1.99. The van der Waals surface area contributed by atoms with Crippen LogP contribution in [0.2, 0.25) is 0 Å². The van der Waals surface area contributed by atoms with E-state index in [1.54, 1.807) is 0 Å². The minimum absolute atomic E-state index is 0.194. The molecule has 1 atom stereocenters. The van der Waals surface area contributed by atoms with Crippen molar-refractivity contribution >= 4 is 19.8 Å². The first-order valence-electron chi connectivity index (χ1n) is 17.9. The lowest BCUT2D eigenvalue weighted by Crippen LogP contribution is -2.29. The summed E-state index contributed by atoms with van der Waals surface area (Å²) in [6.07, 6.45) is 38.3. The van der Waals surface area contributed by atoms with E-state index in [4.69, 9.17) is 19.3 Å².